The van der Waals surface area contributed by atoms with Gasteiger partial charge in [0.1, 0.15) is 21.7 Å². The van der Waals surface area contributed by atoms with Gasteiger partial charge in [-0.25, -0.2) is 4.98 Å². The number of ether oxygens (including phenoxy) is 4. The molecule has 8 nitrogen and oxygen atoms in total. The molecular weight excluding hydrogens is 442 g/mol. The van der Waals surface area contributed by atoms with Crippen LogP contribution in [0.1, 0.15) is 24.2 Å². The van der Waals surface area contributed by atoms with E-state index in [4.69, 9.17) is 23.9 Å². The van der Waals surface area contributed by atoms with E-state index in [9.17, 15) is 4.79 Å². The van der Waals surface area contributed by atoms with Crippen molar-refractivity contribution in [1.29, 1.82) is 0 Å². The van der Waals surface area contributed by atoms with Gasteiger partial charge in [-0.2, -0.15) is 0 Å². The zero-order valence-corrected chi connectivity index (χ0v) is 20.8. The number of aromatic nitrogens is 1. The van der Waals surface area contributed by atoms with Gasteiger partial charge in [0.25, 0.3) is 5.91 Å². The van der Waals surface area contributed by atoms with Crippen LogP contribution in [0, 0.1) is 0 Å². The molecule has 0 atom stereocenters. The fraction of sp³-hybridized carbons (Fsp3) is 0.417. The van der Waals surface area contributed by atoms with Crippen molar-refractivity contribution in [2.24, 2.45) is 0 Å². The number of fused-ring (bicyclic) bond motifs is 1. The van der Waals surface area contributed by atoms with E-state index in [1.807, 2.05) is 12.1 Å². The Kier molecular flexibility index (Phi) is 8.35. The second kappa shape index (κ2) is 11.2. The quantitative estimate of drug-likeness (QED) is 0.411. The van der Waals surface area contributed by atoms with Crippen LogP contribution in [0.4, 0.5) is 5.13 Å². The summed E-state index contributed by atoms with van der Waals surface area (Å²) in [5, 5.41) is 0.583. The highest BCUT2D eigenvalue weighted by Gasteiger charge is 2.25. The normalized spacial score (nSPS) is 11.0. The fourth-order valence-corrected chi connectivity index (χ4v) is 4.68. The maximum atomic E-state index is 13.7. The molecule has 1 aromatic heterocycles. The van der Waals surface area contributed by atoms with Gasteiger partial charge in [-0.15, -0.1) is 0 Å². The molecule has 0 aliphatic heterocycles. The molecule has 178 valence electrons. The zero-order valence-electron chi connectivity index (χ0n) is 20.0. The SMILES string of the molecule is CCN(CC)CCN(C(=O)c1ccc(OC)c(OC)c1)c1nc2c(OC)ccc(OC)c2s1. The van der Waals surface area contributed by atoms with E-state index in [1.54, 1.807) is 51.5 Å². The Morgan fingerprint density at radius 1 is 0.848 bits per heavy atom. The van der Waals surface area contributed by atoms with Crippen LogP contribution in [0.25, 0.3) is 10.2 Å². The first kappa shape index (κ1) is 24.6. The van der Waals surface area contributed by atoms with E-state index in [0.717, 1.165) is 24.3 Å². The smallest absolute Gasteiger partial charge is 0.260 e. The summed E-state index contributed by atoms with van der Waals surface area (Å²) in [6, 6.07) is 8.84. The summed E-state index contributed by atoms with van der Waals surface area (Å²) in [6.45, 7) is 7.22. The summed E-state index contributed by atoms with van der Waals surface area (Å²) in [5.41, 5.74) is 1.16. The first-order valence-corrected chi connectivity index (χ1v) is 11.6. The summed E-state index contributed by atoms with van der Waals surface area (Å²) in [7, 11) is 6.34. The van der Waals surface area contributed by atoms with E-state index >= 15 is 0 Å². The second-order valence-electron chi connectivity index (χ2n) is 7.20. The minimum atomic E-state index is -0.167. The highest BCUT2D eigenvalue weighted by atomic mass is 32.1. The van der Waals surface area contributed by atoms with Crippen molar-refractivity contribution in [2.75, 3.05) is 59.5 Å². The van der Waals surface area contributed by atoms with Crippen molar-refractivity contribution in [2.45, 2.75) is 13.8 Å². The van der Waals surface area contributed by atoms with Crippen molar-refractivity contribution < 1.29 is 23.7 Å². The maximum absolute atomic E-state index is 13.7. The van der Waals surface area contributed by atoms with Gasteiger partial charge in [0.2, 0.25) is 0 Å². The molecule has 0 saturated heterocycles. The van der Waals surface area contributed by atoms with Crippen molar-refractivity contribution >= 4 is 32.6 Å². The number of hydrogen-bond acceptors (Lipinski definition) is 8. The standard InChI is InChI=1S/C24H31N3O5S/c1-7-26(8-2)13-14-27(23(28)16-9-10-17(29-3)20(15-16)32-6)24-25-21-18(30-4)11-12-19(31-5)22(21)33-24/h9-12,15H,7-8,13-14H2,1-6H3. The van der Waals surface area contributed by atoms with Gasteiger partial charge in [-0.3, -0.25) is 9.69 Å². The van der Waals surface area contributed by atoms with Gasteiger partial charge in [0, 0.05) is 18.7 Å². The van der Waals surface area contributed by atoms with Crippen LogP contribution < -0.4 is 23.8 Å². The molecule has 0 aliphatic rings. The number of carbonyl (C=O) groups excluding carboxylic acids is 1. The zero-order chi connectivity index (χ0) is 24.0. The molecule has 3 rings (SSSR count). The average Bonchev–Trinajstić information content (AvgIpc) is 3.30. The Morgan fingerprint density at radius 2 is 1.45 bits per heavy atom. The first-order valence-electron chi connectivity index (χ1n) is 10.8. The largest absolute Gasteiger partial charge is 0.495 e. The van der Waals surface area contributed by atoms with Crippen molar-refractivity contribution in [3.05, 3.63) is 35.9 Å². The Hall–Kier alpha value is -3.04. The van der Waals surface area contributed by atoms with E-state index < -0.39 is 0 Å². The van der Waals surface area contributed by atoms with Gasteiger partial charge < -0.3 is 23.8 Å². The van der Waals surface area contributed by atoms with Gasteiger partial charge in [0.05, 0.1) is 28.4 Å². The number of anilines is 1. The summed E-state index contributed by atoms with van der Waals surface area (Å²) < 4.78 is 22.6. The van der Waals surface area contributed by atoms with Crippen molar-refractivity contribution in [3.63, 3.8) is 0 Å². The van der Waals surface area contributed by atoms with Crippen LogP contribution in [0.2, 0.25) is 0 Å². The molecule has 0 N–H and O–H groups in total. The number of nitrogens with zero attached hydrogens (tertiary/aromatic N) is 3. The molecule has 0 aliphatic carbocycles. The number of amides is 1. The lowest BCUT2D eigenvalue weighted by atomic mass is 10.1. The Labute approximate surface area is 198 Å². The fourth-order valence-electron chi connectivity index (χ4n) is 3.58. The number of hydrogen-bond donors (Lipinski definition) is 0. The topological polar surface area (TPSA) is 73.4 Å². The summed E-state index contributed by atoms with van der Waals surface area (Å²) in [5.74, 6) is 2.23. The van der Waals surface area contributed by atoms with Crippen molar-refractivity contribution in [1.82, 2.24) is 9.88 Å². The van der Waals surface area contributed by atoms with Crippen LogP contribution in [-0.2, 0) is 0 Å². The monoisotopic (exact) mass is 473 g/mol. The molecule has 0 radical (unpaired) electrons. The maximum Gasteiger partial charge on any atom is 0.260 e. The lowest BCUT2D eigenvalue weighted by Crippen LogP contribution is -2.38. The van der Waals surface area contributed by atoms with Gasteiger partial charge in [-0.05, 0) is 43.4 Å². The minimum Gasteiger partial charge on any atom is -0.495 e. The number of methoxy groups -OCH3 is 4. The van der Waals surface area contributed by atoms with E-state index in [-0.39, 0.29) is 5.91 Å². The number of rotatable bonds is 11. The Balaban J connectivity index is 2.07. The predicted molar refractivity (Wildman–Crippen MR) is 132 cm³/mol. The van der Waals surface area contributed by atoms with E-state index in [2.05, 4.69) is 18.7 Å². The molecule has 33 heavy (non-hydrogen) atoms. The number of likely N-dealkylation sites (N-methyl/N-ethyl adjacent to an activating group) is 1. The first-order chi connectivity index (χ1) is 16.0. The van der Waals surface area contributed by atoms with Gasteiger partial charge >= 0.3 is 0 Å². The van der Waals surface area contributed by atoms with Crippen LogP contribution in [0.3, 0.4) is 0 Å². The summed E-state index contributed by atoms with van der Waals surface area (Å²) in [4.78, 5) is 22.5. The lowest BCUT2D eigenvalue weighted by molar-refractivity contribution is 0.0983. The molecular formula is C24H31N3O5S. The third kappa shape index (κ3) is 5.15. The molecule has 3 aromatic rings. The summed E-state index contributed by atoms with van der Waals surface area (Å²) >= 11 is 1.41. The number of thiazole rings is 1. The minimum absolute atomic E-state index is 0.167. The predicted octanol–water partition coefficient (Wildman–Crippen LogP) is 4.32. The van der Waals surface area contributed by atoms with Crippen molar-refractivity contribution in [3.8, 4) is 23.0 Å². The molecule has 1 heterocycles. The molecule has 2 aromatic carbocycles. The van der Waals surface area contributed by atoms with Crippen LogP contribution in [0.15, 0.2) is 30.3 Å². The van der Waals surface area contributed by atoms with Crippen LogP contribution in [-0.4, -0.2) is 70.4 Å². The average molecular weight is 474 g/mol. The molecule has 0 bridgehead atoms. The van der Waals surface area contributed by atoms with E-state index in [1.165, 1.54) is 11.3 Å². The highest BCUT2D eigenvalue weighted by molar-refractivity contribution is 7.22. The Bertz CT molecular complexity index is 1060. The molecule has 9 heteroatoms. The molecule has 0 unspecified atom stereocenters. The molecule has 1 amide bonds. The molecule has 0 spiro atoms. The number of carbonyl (C=O) groups is 1. The highest BCUT2D eigenvalue weighted by Crippen LogP contribution is 2.40. The van der Waals surface area contributed by atoms with Crippen LogP contribution >= 0.6 is 11.3 Å². The second-order valence-corrected chi connectivity index (χ2v) is 8.18. The third-order valence-corrected chi connectivity index (χ3v) is 6.63. The molecule has 0 saturated carbocycles. The Morgan fingerprint density at radius 3 is 2.06 bits per heavy atom. The van der Waals surface area contributed by atoms with Crippen LogP contribution in [0.5, 0.6) is 23.0 Å². The third-order valence-electron chi connectivity index (χ3n) is 5.54. The summed E-state index contributed by atoms with van der Waals surface area (Å²) in [6.07, 6.45) is 0. The lowest BCUT2D eigenvalue weighted by Gasteiger charge is -2.25. The van der Waals surface area contributed by atoms with Gasteiger partial charge in [-0.1, -0.05) is 25.2 Å². The number of benzene rings is 2. The van der Waals surface area contributed by atoms with E-state index in [0.29, 0.717) is 45.8 Å². The van der Waals surface area contributed by atoms with Gasteiger partial charge in [0.15, 0.2) is 16.6 Å². The molecule has 0 fully saturated rings.